The van der Waals surface area contributed by atoms with Crippen molar-refractivity contribution >= 4 is 17.9 Å². The maximum Gasteiger partial charge on any atom is 0.343 e. The summed E-state index contributed by atoms with van der Waals surface area (Å²) in [6.07, 6.45) is 1.33. The molecule has 0 saturated carbocycles. The van der Waals surface area contributed by atoms with E-state index in [2.05, 4.69) is 4.98 Å². The molecule has 1 aromatic rings. The second-order valence-electron chi connectivity index (χ2n) is 4.52. The first-order valence-electron chi connectivity index (χ1n) is 6.30. The molecule has 21 heavy (non-hydrogen) atoms. The molecular weight excluding hydrogens is 272 g/mol. The molecule has 0 unspecified atom stereocenters. The summed E-state index contributed by atoms with van der Waals surface area (Å²) in [5.41, 5.74) is 0.730. The number of nitrogens with one attached hydrogen (secondary N) is 2. The molecule has 0 bridgehead atoms. The zero-order valence-electron chi connectivity index (χ0n) is 12.4. The van der Waals surface area contributed by atoms with Gasteiger partial charge in [0.25, 0.3) is 0 Å². The first kappa shape index (κ1) is 16.3. The van der Waals surface area contributed by atoms with E-state index >= 15 is 0 Å². The van der Waals surface area contributed by atoms with Crippen LogP contribution >= 0.6 is 0 Å². The number of H-pyrrole nitrogens is 1. The van der Waals surface area contributed by atoms with E-state index in [4.69, 9.17) is 15.4 Å². The summed E-state index contributed by atoms with van der Waals surface area (Å²) in [6.45, 7) is 3.49. The van der Waals surface area contributed by atoms with Crippen LogP contribution in [0.15, 0.2) is 5.57 Å². The molecule has 7 heteroatoms. The zero-order chi connectivity index (χ0) is 16.2. The summed E-state index contributed by atoms with van der Waals surface area (Å²) in [6, 6.07) is 1.89. The van der Waals surface area contributed by atoms with Crippen LogP contribution in [-0.2, 0) is 4.74 Å². The third kappa shape index (κ3) is 3.42. The van der Waals surface area contributed by atoms with Gasteiger partial charge in [0, 0.05) is 19.8 Å². The average molecular weight is 290 g/mol. The van der Waals surface area contributed by atoms with E-state index in [-0.39, 0.29) is 35.0 Å². The minimum atomic E-state index is -0.635. The highest BCUT2D eigenvalue weighted by atomic mass is 16.5. The molecule has 0 amide bonds. The number of aromatic nitrogens is 1. The molecule has 1 heterocycles. The monoisotopic (exact) mass is 290 g/mol. The van der Waals surface area contributed by atoms with E-state index < -0.39 is 5.97 Å². The van der Waals surface area contributed by atoms with Crippen molar-refractivity contribution in [3.63, 3.8) is 0 Å². The van der Waals surface area contributed by atoms with E-state index in [0.717, 1.165) is 0 Å². The molecule has 0 aliphatic rings. The number of carbonyl (C=O) groups is 1. The molecule has 0 aliphatic heterocycles. The van der Waals surface area contributed by atoms with Gasteiger partial charge in [-0.15, -0.1) is 0 Å². The Morgan fingerprint density at radius 3 is 2.67 bits per heavy atom. The third-order valence-corrected chi connectivity index (χ3v) is 2.78. The summed E-state index contributed by atoms with van der Waals surface area (Å²) in [7, 11) is 3.27. The minimum Gasteiger partial charge on any atom is -0.505 e. The van der Waals surface area contributed by atoms with Crippen LogP contribution in [0.4, 0.5) is 0 Å². The van der Waals surface area contributed by atoms with Crippen LogP contribution in [0.5, 0.6) is 5.75 Å². The van der Waals surface area contributed by atoms with E-state index in [0.29, 0.717) is 5.69 Å². The van der Waals surface area contributed by atoms with Crippen molar-refractivity contribution in [1.29, 1.82) is 10.7 Å². The van der Waals surface area contributed by atoms with Gasteiger partial charge in [-0.25, -0.2) is 4.79 Å². The van der Waals surface area contributed by atoms with Gasteiger partial charge >= 0.3 is 5.97 Å². The van der Waals surface area contributed by atoms with Gasteiger partial charge in [0.1, 0.15) is 17.5 Å². The number of nitrogens with zero attached hydrogens (tertiary/aromatic N) is 2. The molecule has 1 rings (SSSR count). The van der Waals surface area contributed by atoms with Gasteiger partial charge in [0.2, 0.25) is 0 Å². The van der Waals surface area contributed by atoms with Crippen molar-refractivity contribution in [3.05, 3.63) is 22.5 Å². The number of aryl methyl sites for hydroxylation is 1. The quantitative estimate of drug-likeness (QED) is 0.338. The molecule has 0 atom stereocenters. The Labute approximate surface area is 123 Å². The molecule has 0 saturated heterocycles. The lowest BCUT2D eigenvalue weighted by Crippen LogP contribution is -2.22. The van der Waals surface area contributed by atoms with Crippen LogP contribution < -0.4 is 0 Å². The first-order chi connectivity index (χ1) is 9.83. The molecular formula is C14H18N4O3. The highest BCUT2D eigenvalue weighted by molar-refractivity contribution is 6.04. The maximum atomic E-state index is 11.8. The van der Waals surface area contributed by atoms with Crippen molar-refractivity contribution in [2.75, 3.05) is 20.7 Å². The SMILES string of the molecule is CCOC(=O)c1c(C)[nH]c(/C=C(\C#N)C(=N)N(C)C)c1O. The van der Waals surface area contributed by atoms with Crippen LogP contribution in [0, 0.1) is 23.7 Å². The number of nitriles is 1. The Hall–Kier alpha value is -2.75. The standard InChI is InChI=1S/C14H18N4O3/c1-5-21-14(20)11-8(2)17-10(12(11)19)6-9(7-15)13(16)18(3)4/h6,16-17,19H,5H2,1-4H3/b9-6+,16-13?. The van der Waals surface area contributed by atoms with Gasteiger partial charge in [-0.05, 0) is 19.9 Å². The molecule has 1 aromatic heterocycles. The number of aromatic amines is 1. The van der Waals surface area contributed by atoms with Crippen LogP contribution in [0.2, 0.25) is 0 Å². The second kappa shape index (κ2) is 6.61. The Morgan fingerprint density at radius 1 is 1.57 bits per heavy atom. The Morgan fingerprint density at radius 2 is 2.19 bits per heavy atom. The van der Waals surface area contributed by atoms with Gasteiger partial charge < -0.3 is 19.7 Å². The summed E-state index contributed by atoms with van der Waals surface area (Å²) >= 11 is 0. The van der Waals surface area contributed by atoms with Gasteiger partial charge in [-0.3, -0.25) is 5.41 Å². The Bertz CT molecular complexity index is 635. The predicted octanol–water partition coefficient (Wildman–Crippen LogP) is 1.65. The van der Waals surface area contributed by atoms with Crippen molar-refractivity contribution in [2.45, 2.75) is 13.8 Å². The number of esters is 1. The highest BCUT2D eigenvalue weighted by Crippen LogP contribution is 2.28. The largest absolute Gasteiger partial charge is 0.505 e. The molecule has 0 aliphatic carbocycles. The van der Waals surface area contributed by atoms with Crippen molar-refractivity contribution in [2.24, 2.45) is 0 Å². The Kier molecular flexibility index (Phi) is 5.13. The van der Waals surface area contributed by atoms with Crippen LogP contribution in [-0.4, -0.2) is 47.5 Å². The first-order valence-corrected chi connectivity index (χ1v) is 6.30. The van der Waals surface area contributed by atoms with E-state index in [1.807, 2.05) is 6.07 Å². The summed E-state index contributed by atoms with van der Waals surface area (Å²) in [5.74, 6) is -0.920. The van der Waals surface area contributed by atoms with Crippen LogP contribution in [0.3, 0.4) is 0 Å². The third-order valence-electron chi connectivity index (χ3n) is 2.78. The molecule has 0 aromatic carbocycles. The molecule has 0 radical (unpaired) electrons. The van der Waals surface area contributed by atoms with Crippen molar-refractivity contribution in [1.82, 2.24) is 9.88 Å². The van der Waals surface area contributed by atoms with Gasteiger partial charge in [0.05, 0.1) is 17.9 Å². The number of rotatable bonds is 4. The number of likely N-dealkylation sites (N-methyl/N-ethyl adjacent to an activating group) is 1. The molecule has 0 fully saturated rings. The molecule has 7 nitrogen and oxygen atoms in total. The summed E-state index contributed by atoms with van der Waals surface area (Å²) in [4.78, 5) is 16.0. The number of hydrogen-bond acceptors (Lipinski definition) is 5. The lowest BCUT2D eigenvalue weighted by Gasteiger charge is -2.11. The normalized spacial score (nSPS) is 10.9. The highest BCUT2D eigenvalue weighted by Gasteiger charge is 2.21. The van der Waals surface area contributed by atoms with E-state index in [1.54, 1.807) is 27.9 Å². The number of aromatic hydroxyl groups is 1. The van der Waals surface area contributed by atoms with Gasteiger partial charge in [-0.2, -0.15) is 5.26 Å². The summed E-state index contributed by atoms with van der Waals surface area (Å²) in [5, 5.41) is 27.0. The fraction of sp³-hybridized carbons (Fsp3) is 0.357. The van der Waals surface area contributed by atoms with Crippen molar-refractivity contribution in [3.8, 4) is 11.8 Å². The Balaban J connectivity index is 3.28. The smallest absolute Gasteiger partial charge is 0.343 e. The molecule has 3 N–H and O–H groups in total. The second-order valence-corrected chi connectivity index (χ2v) is 4.52. The van der Waals surface area contributed by atoms with Crippen molar-refractivity contribution < 1.29 is 14.6 Å². The van der Waals surface area contributed by atoms with Crippen LogP contribution in [0.1, 0.15) is 28.7 Å². The van der Waals surface area contributed by atoms with E-state index in [9.17, 15) is 9.90 Å². The maximum absolute atomic E-state index is 11.8. The number of amidine groups is 1. The lowest BCUT2D eigenvalue weighted by molar-refractivity contribution is 0.0522. The topological polar surface area (TPSA) is 113 Å². The lowest BCUT2D eigenvalue weighted by atomic mass is 10.1. The zero-order valence-corrected chi connectivity index (χ0v) is 12.4. The molecule has 112 valence electrons. The van der Waals surface area contributed by atoms with E-state index in [1.165, 1.54) is 11.0 Å². The van der Waals surface area contributed by atoms with Gasteiger partial charge in [0.15, 0.2) is 5.75 Å². The number of carbonyl (C=O) groups excluding carboxylic acids is 1. The minimum absolute atomic E-state index is 0.00170. The summed E-state index contributed by atoms with van der Waals surface area (Å²) < 4.78 is 4.86. The number of ether oxygens (including phenoxy) is 1. The fourth-order valence-corrected chi connectivity index (χ4v) is 1.73. The van der Waals surface area contributed by atoms with Gasteiger partial charge in [-0.1, -0.05) is 0 Å². The fourth-order valence-electron chi connectivity index (χ4n) is 1.73. The molecule has 0 spiro atoms. The number of hydrogen-bond donors (Lipinski definition) is 3. The average Bonchev–Trinajstić information content (AvgIpc) is 2.70. The van der Waals surface area contributed by atoms with Crippen LogP contribution in [0.25, 0.3) is 6.08 Å². The predicted molar refractivity (Wildman–Crippen MR) is 78.2 cm³/mol.